The molecule has 0 saturated carbocycles. The molecule has 2 aliphatic heterocycles. The van der Waals surface area contributed by atoms with E-state index in [-0.39, 0.29) is 17.8 Å². The number of amides is 2. The Morgan fingerprint density at radius 1 is 1.03 bits per heavy atom. The number of likely N-dealkylation sites (tertiary alicyclic amines) is 1. The van der Waals surface area contributed by atoms with Crippen LogP contribution < -0.4 is 4.90 Å². The van der Waals surface area contributed by atoms with E-state index in [1.54, 1.807) is 28.0 Å². The molecule has 0 radical (unpaired) electrons. The van der Waals surface area contributed by atoms with Crippen LogP contribution >= 0.6 is 0 Å². The summed E-state index contributed by atoms with van der Waals surface area (Å²) in [6.07, 6.45) is 0.629. The van der Waals surface area contributed by atoms with E-state index < -0.39 is 5.60 Å². The van der Waals surface area contributed by atoms with Crippen LogP contribution in [0.3, 0.4) is 0 Å². The van der Waals surface area contributed by atoms with E-state index >= 15 is 0 Å². The summed E-state index contributed by atoms with van der Waals surface area (Å²) in [5.74, 6) is -0.495. The normalized spacial score (nSPS) is 20.1. The molecule has 2 aromatic carbocycles. The second-order valence-corrected chi connectivity index (χ2v) is 8.27. The van der Waals surface area contributed by atoms with Crippen LogP contribution in [0.1, 0.15) is 28.2 Å². The highest BCUT2D eigenvalue weighted by atomic mass is 19.1. The molecule has 5 rings (SSSR count). The van der Waals surface area contributed by atoms with Gasteiger partial charge in [-0.25, -0.2) is 14.2 Å². The third-order valence-electron chi connectivity index (χ3n) is 5.94. The molecule has 1 atom stereocenters. The fourth-order valence-electron chi connectivity index (χ4n) is 4.38. The van der Waals surface area contributed by atoms with Gasteiger partial charge in [0.15, 0.2) is 5.60 Å². The second kappa shape index (κ2) is 8.07. The van der Waals surface area contributed by atoms with Gasteiger partial charge in [0.05, 0.1) is 13.1 Å². The molecule has 3 heterocycles. The lowest BCUT2D eigenvalue weighted by Crippen LogP contribution is -2.39. The number of benzene rings is 2. The van der Waals surface area contributed by atoms with Gasteiger partial charge in [-0.2, -0.15) is 0 Å². The first-order valence-electron chi connectivity index (χ1n) is 10.6. The molecular formula is C25H22FN3O3. The number of ether oxygens (including phenoxy) is 1. The van der Waals surface area contributed by atoms with E-state index in [2.05, 4.69) is 4.98 Å². The van der Waals surface area contributed by atoms with E-state index in [4.69, 9.17) is 4.74 Å². The molecule has 1 spiro atoms. The molecule has 2 aliphatic rings. The molecule has 0 N–H and O–H groups in total. The molecule has 2 fully saturated rings. The van der Waals surface area contributed by atoms with Gasteiger partial charge in [-0.15, -0.1) is 0 Å². The smallest absolute Gasteiger partial charge is 0.415 e. The Kier molecular flexibility index (Phi) is 5.09. The Hall–Kier alpha value is -3.74. The van der Waals surface area contributed by atoms with Crippen molar-refractivity contribution < 1.29 is 18.7 Å². The average Bonchev–Trinajstić information content (AvgIpc) is 3.36. The number of carbonyl (C=O) groups is 2. The summed E-state index contributed by atoms with van der Waals surface area (Å²) in [7, 11) is 0. The third-order valence-corrected chi connectivity index (χ3v) is 5.94. The van der Waals surface area contributed by atoms with Gasteiger partial charge in [0.1, 0.15) is 11.5 Å². The summed E-state index contributed by atoms with van der Waals surface area (Å²) in [4.78, 5) is 33.4. The monoisotopic (exact) mass is 431 g/mol. The van der Waals surface area contributed by atoms with E-state index in [9.17, 15) is 14.0 Å². The molecule has 2 saturated heterocycles. The van der Waals surface area contributed by atoms with Gasteiger partial charge in [-0.1, -0.05) is 36.4 Å². The highest BCUT2D eigenvalue weighted by Crippen LogP contribution is 2.35. The molecule has 0 bridgehead atoms. The number of carbonyl (C=O) groups excluding carboxylic acids is 2. The molecule has 162 valence electrons. The number of rotatable bonds is 4. The quantitative estimate of drug-likeness (QED) is 0.625. The molecule has 3 aromatic rings. The number of para-hydroxylation sites is 1. The number of hydrogen-bond donors (Lipinski definition) is 0. The summed E-state index contributed by atoms with van der Waals surface area (Å²) in [6.45, 7) is 1.23. The van der Waals surface area contributed by atoms with Gasteiger partial charge in [0.2, 0.25) is 0 Å². The Labute approximate surface area is 185 Å². The third kappa shape index (κ3) is 3.93. The van der Waals surface area contributed by atoms with E-state index in [0.29, 0.717) is 43.9 Å². The van der Waals surface area contributed by atoms with Gasteiger partial charge in [-0.05, 0) is 42.0 Å². The van der Waals surface area contributed by atoms with Crippen molar-refractivity contribution in [2.75, 3.05) is 24.5 Å². The Morgan fingerprint density at radius 2 is 1.84 bits per heavy atom. The maximum Gasteiger partial charge on any atom is 0.415 e. The zero-order chi connectivity index (χ0) is 22.1. The molecular weight excluding hydrogens is 409 g/mol. The lowest BCUT2D eigenvalue weighted by atomic mass is 10.0. The zero-order valence-corrected chi connectivity index (χ0v) is 17.4. The van der Waals surface area contributed by atoms with Gasteiger partial charge in [-0.3, -0.25) is 9.69 Å². The van der Waals surface area contributed by atoms with Gasteiger partial charge in [0.25, 0.3) is 5.91 Å². The maximum atomic E-state index is 13.5. The van der Waals surface area contributed by atoms with Crippen molar-refractivity contribution in [1.82, 2.24) is 9.88 Å². The van der Waals surface area contributed by atoms with E-state index in [1.165, 1.54) is 12.1 Å². The van der Waals surface area contributed by atoms with Crippen LogP contribution in [0.5, 0.6) is 0 Å². The standard InChI is InChI=1S/C25H22FN3O3/c26-19-7-4-6-18(14-19)15-20-8-5-11-22(27-20)23(30)28-13-12-25(16-28)17-29(24(31)32-25)21-9-2-1-3-10-21/h1-11,14H,12-13,15-17H2/t25-/m1/s1. The van der Waals surface area contributed by atoms with Crippen LogP contribution in [0.4, 0.5) is 14.9 Å². The number of nitrogens with zero attached hydrogens (tertiary/aromatic N) is 3. The summed E-state index contributed by atoms with van der Waals surface area (Å²) in [5.41, 5.74) is 1.90. The SMILES string of the molecule is O=C(c1cccc(Cc2cccc(F)c2)n1)N1CC[C@@]2(C1)CN(c1ccccc1)C(=O)O2. The first-order chi connectivity index (χ1) is 15.5. The summed E-state index contributed by atoms with van der Waals surface area (Å²) in [6, 6.07) is 21.0. The first kappa shape index (κ1) is 20.2. The van der Waals surface area contributed by atoms with Crippen molar-refractivity contribution in [3.63, 3.8) is 0 Å². The molecule has 7 heteroatoms. The first-order valence-corrected chi connectivity index (χ1v) is 10.6. The number of pyridine rings is 1. The molecule has 1 aromatic heterocycles. The second-order valence-electron chi connectivity index (χ2n) is 8.27. The Morgan fingerprint density at radius 3 is 2.66 bits per heavy atom. The van der Waals surface area contributed by atoms with Crippen molar-refractivity contribution in [3.05, 3.63) is 95.6 Å². The largest absolute Gasteiger partial charge is 0.439 e. The van der Waals surface area contributed by atoms with Crippen LogP contribution in [0, 0.1) is 5.82 Å². The highest BCUT2D eigenvalue weighted by Gasteiger charge is 2.51. The van der Waals surface area contributed by atoms with Crippen LogP contribution in [0.15, 0.2) is 72.8 Å². The topological polar surface area (TPSA) is 62.7 Å². The highest BCUT2D eigenvalue weighted by molar-refractivity contribution is 5.93. The number of aromatic nitrogens is 1. The Balaban J connectivity index is 1.29. The van der Waals surface area contributed by atoms with E-state index in [0.717, 1.165) is 11.3 Å². The van der Waals surface area contributed by atoms with Crippen molar-refractivity contribution in [1.29, 1.82) is 0 Å². The molecule has 6 nitrogen and oxygen atoms in total. The minimum Gasteiger partial charge on any atom is -0.439 e. The van der Waals surface area contributed by atoms with Crippen molar-refractivity contribution in [2.24, 2.45) is 0 Å². The van der Waals surface area contributed by atoms with E-state index in [1.807, 2.05) is 42.5 Å². The fourth-order valence-corrected chi connectivity index (χ4v) is 4.38. The molecule has 0 aliphatic carbocycles. The summed E-state index contributed by atoms with van der Waals surface area (Å²) in [5, 5.41) is 0. The number of anilines is 1. The predicted molar refractivity (Wildman–Crippen MR) is 117 cm³/mol. The van der Waals surface area contributed by atoms with Crippen LogP contribution in [0.25, 0.3) is 0 Å². The van der Waals surface area contributed by atoms with Gasteiger partial charge in [0, 0.05) is 30.8 Å². The summed E-state index contributed by atoms with van der Waals surface area (Å²) >= 11 is 0. The van der Waals surface area contributed by atoms with Crippen LogP contribution in [-0.4, -0.2) is 47.1 Å². The summed E-state index contributed by atoms with van der Waals surface area (Å²) < 4.78 is 19.2. The minimum atomic E-state index is -0.707. The minimum absolute atomic E-state index is 0.197. The van der Waals surface area contributed by atoms with Gasteiger partial charge < -0.3 is 9.64 Å². The lowest BCUT2D eigenvalue weighted by Gasteiger charge is -2.22. The molecule has 32 heavy (non-hydrogen) atoms. The lowest BCUT2D eigenvalue weighted by molar-refractivity contribution is 0.0551. The average molecular weight is 431 g/mol. The molecule has 2 amide bonds. The van der Waals surface area contributed by atoms with Crippen LogP contribution in [-0.2, 0) is 11.2 Å². The number of halogens is 1. The van der Waals surface area contributed by atoms with Crippen molar-refractivity contribution in [3.8, 4) is 0 Å². The van der Waals surface area contributed by atoms with Gasteiger partial charge >= 0.3 is 6.09 Å². The Bertz CT molecular complexity index is 1170. The predicted octanol–water partition coefficient (Wildman–Crippen LogP) is 4.05. The van der Waals surface area contributed by atoms with Crippen molar-refractivity contribution in [2.45, 2.75) is 18.4 Å². The molecule has 0 unspecified atom stereocenters. The number of hydrogen-bond acceptors (Lipinski definition) is 4. The van der Waals surface area contributed by atoms with Crippen molar-refractivity contribution >= 4 is 17.7 Å². The zero-order valence-electron chi connectivity index (χ0n) is 17.4. The maximum absolute atomic E-state index is 13.5. The fraction of sp³-hybridized carbons (Fsp3) is 0.240. The van der Waals surface area contributed by atoms with Crippen LogP contribution in [0.2, 0.25) is 0 Å².